The second-order valence-corrected chi connectivity index (χ2v) is 6.45. The predicted octanol–water partition coefficient (Wildman–Crippen LogP) is 0.690. The summed E-state index contributed by atoms with van der Waals surface area (Å²) in [6.45, 7) is 4.51. The number of quaternary nitrogens is 1. The monoisotopic (exact) mass is 393 g/mol. The summed E-state index contributed by atoms with van der Waals surface area (Å²) >= 11 is 0. The first kappa shape index (κ1) is 21.8. The van der Waals surface area contributed by atoms with Gasteiger partial charge in [0.2, 0.25) is 11.3 Å². The van der Waals surface area contributed by atoms with Crippen molar-refractivity contribution < 1.29 is 33.4 Å². The fourth-order valence-electron chi connectivity index (χ4n) is 3.62. The standard InChI is InChI=1S/C20H28N2O6/c1-5-28-18(23)6-7-20(14-21,22-8-10-27-11-9-22)15-12-16(24-2)19(26-4)17(13-15)25-3/h12-13H,5-11H2,1-4H3/p+1/t20-/m1/s1. The number of carbonyl (C=O) groups is 1. The van der Waals surface area contributed by atoms with Crippen LogP contribution >= 0.6 is 0 Å². The van der Waals surface area contributed by atoms with E-state index in [1.165, 1.54) is 21.3 Å². The lowest BCUT2D eigenvalue weighted by molar-refractivity contribution is -0.958. The van der Waals surface area contributed by atoms with Crippen LogP contribution in [-0.2, 0) is 19.8 Å². The first-order valence-corrected chi connectivity index (χ1v) is 9.36. The number of morpholine rings is 1. The van der Waals surface area contributed by atoms with Crippen LogP contribution in [0.15, 0.2) is 12.1 Å². The number of esters is 1. The van der Waals surface area contributed by atoms with Gasteiger partial charge in [-0.2, -0.15) is 5.26 Å². The van der Waals surface area contributed by atoms with Crippen molar-refractivity contribution in [1.82, 2.24) is 0 Å². The van der Waals surface area contributed by atoms with Crippen LogP contribution in [-0.4, -0.2) is 60.2 Å². The van der Waals surface area contributed by atoms with Crippen LogP contribution in [0.2, 0.25) is 0 Å². The molecule has 1 atom stereocenters. The highest BCUT2D eigenvalue weighted by Gasteiger charge is 2.45. The number of nitrogens with zero attached hydrogens (tertiary/aromatic N) is 1. The topological polar surface area (TPSA) is 91.5 Å². The zero-order valence-electron chi connectivity index (χ0n) is 17.0. The SMILES string of the molecule is CCOC(=O)CC[C@@](C#N)(c1cc(OC)c(OC)c(OC)c1)[NH+]1CCOCC1. The Bertz CT molecular complexity index is 686. The Morgan fingerprint density at radius 3 is 2.25 bits per heavy atom. The molecule has 2 rings (SSSR count). The molecule has 1 heterocycles. The highest BCUT2D eigenvalue weighted by molar-refractivity contribution is 5.69. The molecule has 0 aromatic heterocycles. The van der Waals surface area contributed by atoms with Crippen LogP contribution in [0, 0.1) is 11.3 Å². The molecule has 1 saturated heterocycles. The van der Waals surface area contributed by atoms with Gasteiger partial charge in [0.1, 0.15) is 19.2 Å². The Hall–Kier alpha value is -2.50. The minimum atomic E-state index is -0.969. The minimum absolute atomic E-state index is 0.141. The van der Waals surface area contributed by atoms with Crippen LogP contribution < -0.4 is 19.1 Å². The molecule has 0 spiro atoms. The zero-order valence-corrected chi connectivity index (χ0v) is 17.0. The number of nitrogens with one attached hydrogen (secondary N) is 1. The summed E-state index contributed by atoms with van der Waals surface area (Å²) in [5.41, 5.74) is -0.255. The highest BCUT2D eigenvalue weighted by Crippen LogP contribution is 2.41. The molecular weight excluding hydrogens is 364 g/mol. The van der Waals surface area contributed by atoms with Gasteiger partial charge in [0.25, 0.3) is 0 Å². The van der Waals surface area contributed by atoms with Gasteiger partial charge < -0.3 is 28.6 Å². The van der Waals surface area contributed by atoms with Crippen LogP contribution in [0.4, 0.5) is 0 Å². The Kier molecular flexibility index (Phi) is 7.91. The van der Waals surface area contributed by atoms with Crippen molar-refractivity contribution in [1.29, 1.82) is 5.26 Å². The minimum Gasteiger partial charge on any atom is -0.493 e. The molecule has 8 heteroatoms. The van der Waals surface area contributed by atoms with E-state index in [1.807, 2.05) is 0 Å². The Morgan fingerprint density at radius 2 is 1.79 bits per heavy atom. The number of rotatable bonds is 9. The van der Waals surface area contributed by atoms with Crippen molar-refractivity contribution >= 4 is 5.97 Å². The predicted molar refractivity (Wildman–Crippen MR) is 101 cm³/mol. The van der Waals surface area contributed by atoms with E-state index in [-0.39, 0.29) is 12.4 Å². The molecular formula is C20H29N2O6+. The van der Waals surface area contributed by atoms with E-state index in [4.69, 9.17) is 23.7 Å². The van der Waals surface area contributed by atoms with Gasteiger partial charge in [0, 0.05) is 12.0 Å². The van der Waals surface area contributed by atoms with E-state index in [0.29, 0.717) is 62.1 Å². The van der Waals surface area contributed by atoms with Crippen molar-refractivity contribution in [2.45, 2.75) is 25.3 Å². The van der Waals surface area contributed by atoms with E-state index in [2.05, 4.69) is 6.07 Å². The summed E-state index contributed by atoms with van der Waals surface area (Å²) in [5.74, 6) is 1.09. The maximum absolute atomic E-state index is 12.0. The maximum Gasteiger partial charge on any atom is 0.306 e. The van der Waals surface area contributed by atoms with Crippen molar-refractivity contribution in [3.8, 4) is 23.3 Å². The Labute approximate surface area is 165 Å². The normalized spacial score (nSPS) is 16.5. The third kappa shape index (κ3) is 4.49. The van der Waals surface area contributed by atoms with Crippen molar-refractivity contribution in [2.24, 2.45) is 0 Å². The lowest BCUT2D eigenvalue weighted by Crippen LogP contribution is -3.20. The van der Waals surface area contributed by atoms with Gasteiger partial charge in [-0.1, -0.05) is 0 Å². The van der Waals surface area contributed by atoms with E-state index in [9.17, 15) is 10.1 Å². The number of carbonyl (C=O) groups excluding carboxylic acids is 1. The molecule has 1 aromatic rings. The van der Waals surface area contributed by atoms with E-state index < -0.39 is 5.54 Å². The van der Waals surface area contributed by atoms with Crippen LogP contribution in [0.3, 0.4) is 0 Å². The van der Waals surface area contributed by atoms with Gasteiger partial charge in [-0.25, -0.2) is 0 Å². The molecule has 1 N–H and O–H groups in total. The average Bonchev–Trinajstić information content (AvgIpc) is 2.74. The largest absolute Gasteiger partial charge is 0.493 e. The van der Waals surface area contributed by atoms with Gasteiger partial charge in [-0.3, -0.25) is 4.79 Å². The van der Waals surface area contributed by atoms with E-state index in [1.54, 1.807) is 19.1 Å². The molecule has 0 aliphatic carbocycles. The zero-order chi connectivity index (χ0) is 20.6. The summed E-state index contributed by atoms with van der Waals surface area (Å²) in [6.07, 6.45) is 0.457. The van der Waals surface area contributed by atoms with Gasteiger partial charge in [0.05, 0.1) is 47.6 Å². The van der Waals surface area contributed by atoms with Crippen LogP contribution in [0.25, 0.3) is 0 Å². The first-order chi connectivity index (χ1) is 13.6. The second-order valence-electron chi connectivity index (χ2n) is 6.45. The lowest BCUT2D eigenvalue weighted by atomic mass is 9.84. The number of nitriles is 1. The van der Waals surface area contributed by atoms with Crippen molar-refractivity contribution in [2.75, 3.05) is 54.2 Å². The van der Waals surface area contributed by atoms with Gasteiger partial charge >= 0.3 is 5.97 Å². The van der Waals surface area contributed by atoms with Crippen molar-refractivity contribution in [3.05, 3.63) is 17.7 Å². The highest BCUT2D eigenvalue weighted by atomic mass is 16.5. The molecule has 1 aliphatic heterocycles. The fourth-order valence-corrected chi connectivity index (χ4v) is 3.62. The summed E-state index contributed by atoms with van der Waals surface area (Å²) in [7, 11) is 4.61. The molecule has 0 bridgehead atoms. The maximum atomic E-state index is 12.0. The molecule has 1 aromatic carbocycles. The second kappa shape index (κ2) is 10.2. The average molecular weight is 393 g/mol. The number of methoxy groups -OCH3 is 3. The molecule has 0 saturated carbocycles. The summed E-state index contributed by atoms with van der Waals surface area (Å²) in [4.78, 5) is 13.1. The van der Waals surface area contributed by atoms with Gasteiger partial charge in [-0.15, -0.1) is 0 Å². The quantitative estimate of drug-likeness (QED) is 0.617. The molecule has 0 radical (unpaired) electrons. The first-order valence-electron chi connectivity index (χ1n) is 9.36. The number of hydrogen-bond acceptors (Lipinski definition) is 7. The smallest absolute Gasteiger partial charge is 0.306 e. The van der Waals surface area contributed by atoms with E-state index >= 15 is 0 Å². The van der Waals surface area contributed by atoms with Gasteiger partial charge in [-0.05, 0) is 19.1 Å². The molecule has 1 fully saturated rings. The summed E-state index contributed by atoms with van der Waals surface area (Å²) in [6, 6.07) is 6.07. The summed E-state index contributed by atoms with van der Waals surface area (Å²) < 4.78 is 26.9. The number of hydrogen-bond donors (Lipinski definition) is 1. The fraction of sp³-hybridized carbons (Fsp3) is 0.600. The molecule has 0 amide bonds. The molecule has 1 aliphatic rings. The molecule has 154 valence electrons. The number of benzene rings is 1. The third-order valence-electron chi connectivity index (χ3n) is 5.06. The number of ether oxygens (including phenoxy) is 5. The Morgan fingerprint density at radius 1 is 1.18 bits per heavy atom. The molecule has 28 heavy (non-hydrogen) atoms. The lowest BCUT2D eigenvalue weighted by Gasteiger charge is -2.38. The third-order valence-corrected chi connectivity index (χ3v) is 5.06. The molecule has 0 unspecified atom stereocenters. The van der Waals surface area contributed by atoms with E-state index in [0.717, 1.165) is 4.90 Å². The van der Waals surface area contributed by atoms with Crippen molar-refractivity contribution in [3.63, 3.8) is 0 Å². The van der Waals surface area contributed by atoms with Crippen LogP contribution in [0.1, 0.15) is 25.3 Å². The summed E-state index contributed by atoms with van der Waals surface area (Å²) in [5, 5.41) is 10.3. The van der Waals surface area contributed by atoms with Gasteiger partial charge in [0.15, 0.2) is 11.5 Å². The Balaban J connectivity index is 2.53. The van der Waals surface area contributed by atoms with Crippen LogP contribution in [0.5, 0.6) is 17.2 Å². The molecule has 8 nitrogen and oxygen atoms in total.